The van der Waals surface area contributed by atoms with Crippen LogP contribution in [0.1, 0.15) is 5.69 Å². The first kappa shape index (κ1) is 11.2. The molecule has 1 aromatic rings. The summed E-state index contributed by atoms with van der Waals surface area (Å²) in [6, 6.07) is 6.13. The topological polar surface area (TPSA) is 3.88 Å². The van der Waals surface area contributed by atoms with Gasteiger partial charge in [0.25, 0.3) is 0 Å². The van der Waals surface area contributed by atoms with Gasteiger partial charge in [0.2, 0.25) is 0 Å². The summed E-state index contributed by atoms with van der Waals surface area (Å²) in [6.07, 6.45) is 2.97. The highest BCUT2D eigenvalue weighted by Crippen LogP contribution is 1.92. The van der Waals surface area contributed by atoms with E-state index in [0.717, 1.165) is 6.42 Å². The van der Waals surface area contributed by atoms with Crippen LogP contribution in [0.5, 0.6) is 0 Å². The molecule has 0 bridgehead atoms. The minimum Gasteiger partial charge on any atom is -1.00 e. The van der Waals surface area contributed by atoms with E-state index < -0.39 is 0 Å². The van der Waals surface area contributed by atoms with Crippen molar-refractivity contribution in [3.63, 3.8) is 0 Å². The van der Waals surface area contributed by atoms with Gasteiger partial charge in [-0.2, -0.15) is 0 Å². The van der Waals surface area contributed by atoms with Crippen LogP contribution in [0.4, 0.5) is 0 Å². The number of rotatable bonds is 2. The molecule has 0 saturated carbocycles. The van der Waals surface area contributed by atoms with Gasteiger partial charge in [-0.15, -0.1) is 11.6 Å². The standard InChI is InChI=1S/C8H11ClN.HI/c1-10-7-3-2-4-8(10)5-6-9;/h2-4,7H,5-6H2,1H3;1H/q+1;/p-1. The first-order valence-corrected chi connectivity index (χ1v) is 3.87. The Morgan fingerprint density at radius 2 is 2.18 bits per heavy atom. The fraction of sp³-hybridized carbons (Fsp3) is 0.375. The molecule has 3 heteroatoms. The van der Waals surface area contributed by atoms with Crippen LogP contribution in [-0.4, -0.2) is 5.88 Å². The van der Waals surface area contributed by atoms with Crippen LogP contribution in [-0.2, 0) is 13.5 Å². The van der Waals surface area contributed by atoms with Crippen LogP contribution < -0.4 is 28.5 Å². The molecule has 0 unspecified atom stereocenters. The van der Waals surface area contributed by atoms with Gasteiger partial charge in [0.1, 0.15) is 7.05 Å². The van der Waals surface area contributed by atoms with Crippen molar-refractivity contribution in [3.8, 4) is 0 Å². The molecule has 0 radical (unpaired) electrons. The molecule has 0 saturated heterocycles. The average Bonchev–Trinajstić information content (AvgIpc) is 1.94. The fourth-order valence-electron chi connectivity index (χ4n) is 0.915. The third-order valence-electron chi connectivity index (χ3n) is 1.51. The number of alkyl halides is 1. The van der Waals surface area contributed by atoms with Gasteiger partial charge in [0.05, 0.1) is 0 Å². The van der Waals surface area contributed by atoms with E-state index in [2.05, 4.69) is 10.6 Å². The van der Waals surface area contributed by atoms with Gasteiger partial charge in [-0.25, -0.2) is 4.57 Å². The Kier molecular flexibility index (Phi) is 5.86. The molecule has 0 atom stereocenters. The summed E-state index contributed by atoms with van der Waals surface area (Å²) in [5, 5.41) is 0. The Balaban J connectivity index is 0.000001000. The van der Waals surface area contributed by atoms with Crippen LogP contribution in [0.3, 0.4) is 0 Å². The molecule has 1 aromatic heterocycles. The maximum Gasteiger partial charge on any atom is 0.182 e. The number of nitrogens with zero attached hydrogens (tertiary/aromatic N) is 1. The molecule has 62 valence electrons. The summed E-state index contributed by atoms with van der Waals surface area (Å²) in [5.74, 6) is 0.692. The van der Waals surface area contributed by atoms with Crippen molar-refractivity contribution in [2.75, 3.05) is 5.88 Å². The van der Waals surface area contributed by atoms with Crippen molar-refractivity contribution in [3.05, 3.63) is 30.1 Å². The molecule has 1 nitrogen and oxygen atoms in total. The van der Waals surface area contributed by atoms with Gasteiger partial charge in [0.15, 0.2) is 11.9 Å². The highest BCUT2D eigenvalue weighted by atomic mass is 127. The SMILES string of the molecule is C[n+]1ccccc1CCCl.[I-]. The second kappa shape index (κ2) is 5.77. The molecule has 0 aliphatic carbocycles. The zero-order chi connectivity index (χ0) is 7.40. The zero-order valence-electron chi connectivity index (χ0n) is 6.43. The first-order valence-electron chi connectivity index (χ1n) is 3.34. The molecule has 0 N–H and O–H groups in total. The normalized spacial score (nSPS) is 8.91. The second-order valence-corrected chi connectivity index (χ2v) is 2.62. The predicted molar refractivity (Wildman–Crippen MR) is 42.0 cm³/mol. The fourth-order valence-corrected chi connectivity index (χ4v) is 1.11. The lowest BCUT2D eigenvalue weighted by molar-refractivity contribution is -0.679. The van der Waals surface area contributed by atoms with Crippen molar-refractivity contribution in [1.29, 1.82) is 0 Å². The van der Waals surface area contributed by atoms with Crippen molar-refractivity contribution in [1.82, 2.24) is 0 Å². The molecular weight excluding hydrogens is 272 g/mol. The second-order valence-electron chi connectivity index (χ2n) is 2.24. The van der Waals surface area contributed by atoms with Gasteiger partial charge >= 0.3 is 0 Å². The molecule has 1 heterocycles. The number of hydrogen-bond acceptors (Lipinski definition) is 0. The van der Waals surface area contributed by atoms with Gasteiger partial charge in [0, 0.05) is 24.4 Å². The lowest BCUT2D eigenvalue weighted by Gasteiger charge is -1.93. The maximum atomic E-state index is 5.59. The molecule has 11 heavy (non-hydrogen) atoms. The molecule has 0 fully saturated rings. The predicted octanol–water partition coefficient (Wildman–Crippen LogP) is -1.70. The minimum atomic E-state index is 0. The van der Waals surface area contributed by atoms with E-state index in [0.29, 0.717) is 5.88 Å². The Labute approximate surface area is 89.4 Å². The lowest BCUT2D eigenvalue weighted by Crippen LogP contribution is -3.00. The van der Waals surface area contributed by atoms with Crippen LogP contribution in [0, 0.1) is 0 Å². The third-order valence-corrected chi connectivity index (χ3v) is 1.70. The summed E-state index contributed by atoms with van der Waals surface area (Å²) in [5.41, 5.74) is 1.28. The van der Waals surface area contributed by atoms with Crippen LogP contribution >= 0.6 is 11.6 Å². The largest absolute Gasteiger partial charge is 1.00 e. The van der Waals surface area contributed by atoms with E-state index in [1.54, 1.807) is 0 Å². The summed E-state index contributed by atoms with van der Waals surface area (Å²) in [4.78, 5) is 0. The molecule has 0 amide bonds. The van der Waals surface area contributed by atoms with Crippen molar-refractivity contribution in [2.45, 2.75) is 6.42 Å². The van der Waals surface area contributed by atoms with Crippen molar-refractivity contribution < 1.29 is 28.5 Å². The molecule has 0 aliphatic heterocycles. The Bertz CT molecular complexity index is 215. The third kappa shape index (κ3) is 3.38. The summed E-state index contributed by atoms with van der Waals surface area (Å²) < 4.78 is 2.09. The van der Waals surface area contributed by atoms with E-state index in [-0.39, 0.29) is 24.0 Å². The van der Waals surface area contributed by atoms with Gasteiger partial charge < -0.3 is 24.0 Å². The summed E-state index contributed by atoms with van der Waals surface area (Å²) in [6.45, 7) is 0. The van der Waals surface area contributed by atoms with Crippen LogP contribution in [0.2, 0.25) is 0 Å². The highest BCUT2D eigenvalue weighted by molar-refractivity contribution is 6.17. The van der Waals surface area contributed by atoms with Crippen LogP contribution in [0.15, 0.2) is 24.4 Å². The highest BCUT2D eigenvalue weighted by Gasteiger charge is 2.01. The Morgan fingerprint density at radius 1 is 1.45 bits per heavy atom. The lowest BCUT2D eigenvalue weighted by atomic mass is 10.3. The van der Waals surface area contributed by atoms with E-state index >= 15 is 0 Å². The van der Waals surface area contributed by atoms with E-state index in [1.807, 2.05) is 25.4 Å². The van der Waals surface area contributed by atoms with Crippen LogP contribution in [0.25, 0.3) is 0 Å². The average molecular weight is 284 g/mol. The first-order chi connectivity index (χ1) is 4.84. The molecule has 0 spiro atoms. The number of aromatic nitrogens is 1. The van der Waals surface area contributed by atoms with E-state index in [1.165, 1.54) is 5.69 Å². The number of pyridine rings is 1. The monoisotopic (exact) mass is 283 g/mol. The number of halogens is 2. The number of aryl methyl sites for hydroxylation is 2. The van der Waals surface area contributed by atoms with E-state index in [9.17, 15) is 0 Å². The summed E-state index contributed by atoms with van der Waals surface area (Å²) >= 11 is 5.59. The van der Waals surface area contributed by atoms with E-state index in [4.69, 9.17) is 11.6 Å². The molecular formula is C8H11ClIN. The van der Waals surface area contributed by atoms with Crippen molar-refractivity contribution in [2.24, 2.45) is 7.05 Å². The Morgan fingerprint density at radius 3 is 2.73 bits per heavy atom. The van der Waals surface area contributed by atoms with Crippen molar-refractivity contribution >= 4 is 11.6 Å². The maximum absolute atomic E-state index is 5.59. The molecule has 0 aliphatic rings. The smallest absolute Gasteiger partial charge is 0.182 e. The quantitative estimate of drug-likeness (QED) is 0.346. The van der Waals surface area contributed by atoms with Gasteiger partial charge in [-0.05, 0) is 0 Å². The number of hydrogen-bond donors (Lipinski definition) is 0. The Hall–Kier alpha value is 0.170. The molecule has 0 aromatic carbocycles. The van der Waals surface area contributed by atoms with Gasteiger partial charge in [-0.3, -0.25) is 0 Å². The zero-order valence-corrected chi connectivity index (χ0v) is 9.34. The minimum absolute atomic E-state index is 0. The summed E-state index contributed by atoms with van der Waals surface area (Å²) in [7, 11) is 2.03. The van der Waals surface area contributed by atoms with Gasteiger partial charge in [-0.1, -0.05) is 6.07 Å². The molecule has 1 rings (SSSR count).